The molecule has 4 heteroatoms. The monoisotopic (exact) mass is 331 g/mol. The fourth-order valence-corrected chi connectivity index (χ4v) is 2.73. The number of ether oxygens (including phenoxy) is 1. The van der Waals surface area contributed by atoms with E-state index in [1.165, 1.54) is 5.56 Å². The maximum atomic E-state index is 12.4. The van der Waals surface area contributed by atoms with Crippen molar-refractivity contribution < 1.29 is 9.53 Å². The Hall–Kier alpha value is -2.00. The molecule has 2 rings (SSSR count). The van der Waals surface area contributed by atoms with E-state index in [0.717, 1.165) is 11.1 Å². The molecule has 0 aliphatic carbocycles. The number of hydrogen-bond donors (Lipinski definition) is 1. The van der Waals surface area contributed by atoms with Crippen LogP contribution in [0, 0.1) is 13.8 Å². The molecular weight excluding hydrogens is 310 g/mol. The number of carbonyl (C=O) groups is 1. The molecule has 0 saturated carbocycles. The summed E-state index contributed by atoms with van der Waals surface area (Å²) in [6.45, 7) is 8.50. The van der Waals surface area contributed by atoms with Crippen LogP contribution in [-0.4, -0.2) is 12.5 Å². The van der Waals surface area contributed by atoms with E-state index in [1.807, 2.05) is 27.7 Å². The number of rotatable bonds is 5. The van der Waals surface area contributed by atoms with Gasteiger partial charge in [0.05, 0.1) is 17.7 Å². The fraction of sp³-hybridized carbons (Fsp3) is 0.316. The predicted octanol–water partition coefficient (Wildman–Crippen LogP) is 4.85. The van der Waals surface area contributed by atoms with Gasteiger partial charge in [0.2, 0.25) is 0 Å². The lowest BCUT2D eigenvalue weighted by atomic mass is 9.99. The Morgan fingerprint density at radius 1 is 1.22 bits per heavy atom. The molecule has 122 valence electrons. The molecule has 1 amide bonds. The van der Waals surface area contributed by atoms with Gasteiger partial charge in [0.1, 0.15) is 5.75 Å². The number of benzene rings is 2. The largest absolute Gasteiger partial charge is 0.492 e. The number of halogens is 1. The minimum atomic E-state index is -0.150. The van der Waals surface area contributed by atoms with Crippen molar-refractivity contribution in [3.8, 4) is 5.75 Å². The molecule has 1 N–H and O–H groups in total. The zero-order valence-electron chi connectivity index (χ0n) is 13.9. The van der Waals surface area contributed by atoms with Crippen LogP contribution in [0.25, 0.3) is 0 Å². The van der Waals surface area contributed by atoms with Gasteiger partial charge >= 0.3 is 0 Å². The number of nitrogens with one attached hydrogen (secondary N) is 1. The molecule has 0 aliphatic heterocycles. The van der Waals surface area contributed by atoms with Crippen LogP contribution in [0.3, 0.4) is 0 Å². The summed E-state index contributed by atoms with van der Waals surface area (Å²) in [4.78, 5) is 12.4. The summed E-state index contributed by atoms with van der Waals surface area (Å²) in [5, 5.41) is 3.46. The van der Waals surface area contributed by atoms with Crippen molar-refractivity contribution in [2.45, 2.75) is 33.7 Å². The number of hydrogen-bond acceptors (Lipinski definition) is 2. The first-order valence-corrected chi connectivity index (χ1v) is 8.10. The van der Waals surface area contributed by atoms with E-state index in [9.17, 15) is 4.79 Å². The third-order valence-corrected chi connectivity index (χ3v) is 4.04. The molecule has 1 atom stereocenters. The van der Waals surface area contributed by atoms with Crippen LogP contribution in [-0.2, 0) is 0 Å². The highest BCUT2D eigenvalue weighted by atomic mass is 35.5. The van der Waals surface area contributed by atoms with Crippen molar-refractivity contribution in [3.05, 3.63) is 63.7 Å². The standard InChI is InChI=1S/C19H22ClNO2/c1-5-23-18-9-8-15(11-17(18)20)19(22)21-14(4)16-10-12(2)6-7-13(16)3/h6-11,14H,5H2,1-4H3,(H,21,22)/t14-/m0/s1. The topological polar surface area (TPSA) is 38.3 Å². The van der Waals surface area contributed by atoms with Gasteiger partial charge in [-0.25, -0.2) is 0 Å². The lowest BCUT2D eigenvalue weighted by Gasteiger charge is -2.17. The van der Waals surface area contributed by atoms with E-state index < -0.39 is 0 Å². The van der Waals surface area contributed by atoms with E-state index in [2.05, 4.69) is 23.5 Å². The molecule has 2 aromatic carbocycles. The molecule has 0 aliphatic rings. The maximum absolute atomic E-state index is 12.4. The van der Waals surface area contributed by atoms with Crippen molar-refractivity contribution >= 4 is 17.5 Å². The summed E-state index contributed by atoms with van der Waals surface area (Å²) >= 11 is 6.15. The van der Waals surface area contributed by atoms with Gasteiger partial charge in [-0.05, 0) is 57.0 Å². The van der Waals surface area contributed by atoms with Crippen LogP contribution in [0.5, 0.6) is 5.75 Å². The summed E-state index contributed by atoms with van der Waals surface area (Å²) in [6.07, 6.45) is 0. The molecule has 23 heavy (non-hydrogen) atoms. The van der Waals surface area contributed by atoms with E-state index in [-0.39, 0.29) is 11.9 Å². The summed E-state index contributed by atoms with van der Waals surface area (Å²) in [7, 11) is 0. The van der Waals surface area contributed by atoms with Crippen LogP contribution >= 0.6 is 11.6 Å². The second-order valence-electron chi connectivity index (χ2n) is 5.63. The molecule has 2 aromatic rings. The smallest absolute Gasteiger partial charge is 0.251 e. The van der Waals surface area contributed by atoms with Crippen LogP contribution in [0.1, 0.15) is 46.9 Å². The van der Waals surface area contributed by atoms with Crippen molar-refractivity contribution in [2.24, 2.45) is 0 Å². The Morgan fingerprint density at radius 2 is 1.96 bits per heavy atom. The molecule has 0 bridgehead atoms. The number of amides is 1. The second kappa shape index (κ2) is 7.51. The van der Waals surface area contributed by atoms with Gasteiger partial charge in [-0.1, -0.05) is 35.4 Å². The summed E-state index contributed by atoms with van der Waals surface area (Å²) < 4.78 is 5.39. The van der Waals surface area contributed by atoms with Crippen LogP contribution in [0.2, 0.25) is 5.02 Å². The Bertz CT molecular complexity index is 713. The molecule has 0 unspecified atom stereocenters. The summed E-state index contributed by atoms with van der Waals surface area (Å²) in [5.74, 6) is 0.441. The molecule has 3 nitrogen and oxygen atoms in total. The van der Waals surface area contributed by atoms with Gasteiger partial charge < -0.3 is 10.1 Å². The number of carbonyl (C=O) groups excluding carboxylic acids is 1. The zero-order valence-corrected chi connectivity index (χ0v) is 14.7. The van der Waals surface area contributed by atoms with Crippen molar-refractivity contribution in [3.63, 3.8) is 0 Å². The third-order valence-electron chi connectivity index (χ3n) is 3.74. The molecule has 0 heterocycles. The van der Waals surface area contributed by atoms with E-state index in [1.54, 1.807) is 18.2 Å². The summed E-state index contributed by atoms with van der Waals surface area (Å²) in [5.41, 5.74) is 3.98. The molecular formula is C19H22ClNO2. The van der Waals surface area contributed by atoms with Crippen LogP contribution in [0.15, 0.2) is 36.4 Å². The van der Waals surface area contributed by atoms with Crippen molar-refractivity contribution in [1.29, 1.82) is 0 Å². The lowest BCUT2D eigenvalue weighted by molar-refractivity contribution is 0.0940. The van der Waals surface area contributed by atoms with Gasteiger partial charge in [-0.2, -0.15) is 0 Å². The molecule has 0 radical (unpaired) electrons. The molecule has 0 aromatic heterocycles. The second-order valence-corrected chi connectivity index (χ2v) is 6.04. The molecule has 0 fully saturated rings. The zero-order chi connectivity index (χ0) is 17.0. The van der Waals surface area contributed by atoms with E-state index in [4.69, 9.17) is 16.3 Å². The number of aryl methyl sites for hydroxylation is 2. The van der Waals surface area contributed by atoms with Gasteiger partial charge in [0.25, 0.3) is 5.91 Å². The maximum Gasteiger partial charge on any atom is 0.251 e. The first kappa shape index (κ1) is 17.4. The van der Waals surface area contributed by atoms with Gasteiger partial charge in [0, 0.05) is 5.56 Å². The average molecular weight is 332 g/mol. The SMILES string of the molecule is CCOc1ccc(C(=O)N[C@@H](C)c2cc(C)ccc2C)cc1Cl. The highest BCUT2D eigenvalue weighted by molar-refractivity contribution is 6.32. The van der Waals surface area contributed by atoms with Crippen molar-refractivity contribution in [1.82, 2.24) is 5.32 Å². The first-order chi connectivity index (χ1) is 10.9. The molecule has 0 spiro atoms. The van der Waals surface area contributed by atoms with Crippen molar-refractivity contribution in [2.75, 3.05) is 6.61 Å². The van der Waals surface area contributed by atoms with E-state index >= 15 is 0 Å². The Morgan fingerprint density at radius 3 is 2.61 bits per heavy atom. The highest BCUT2D eigenvalue weighted by Crippen LogP contribution is 2.26. The fourth-order valence-electron chi connectivity index (χ4n) is 2.50. The lowest BCUT2D eigenvalue weighted by Crippen LogP contribution is -2.27. The highest BCUT2D eigenvalue weighted by Gasteiger charge is 2.14. The van der Waals surface area contributed by atoms with Gasteiger partial charge in [0.15, 0.2) is 0 Å². The van der Waals surface area contributed by atoms with Gasteiger partial charge in [-0.3, -0.25) is 4.79 Å². The quantitative estimate of drug-likeness (QED) is 0.850. The Balaban J connectivity index is 2.15. The molecule has 0 saturated heterocycles. The average Bonchev–Trinajstić information content (AvgIpc) is 2.51. The van der Waals surface area contributed by atoms with Gasteiger partial charge in [-0.15, -0.1) is 0 Å². The Kier molecular flexibility index (Phi) is 5.67. The first-order valence-electron chi connectivity index (χ1n) is 7.72. The minimum Gasteiger partial charge on any atom is -0.492 e. The Labute approximate surface area is 142 Å². The summed E-state index contributed by atoms with van der Waals surface area (Å²) in [6, 6.07) is 11.3. The van der Waals surface area contributed by atoms with Crippen LogP contribution in [0.4, 0.5) is 0 Å². The van der Waals surface area contributed by atoms with Crippen LogP contribution < -0.4 is 10.1 Å². The minimum absolute atomic E-state index is 0.0762. The van der Waals surface area contributed by atoms with E-state index in [0.29, 0.717) is 22.9 Å². The normalized spacial score (nSPS) is 11.9. The third kappa shape index (κ3) is 4.26. The predicted molar refractivity (Wildman–Crippen MR) is 94.4 cm³/mol.